The van der Waals surface area contributed by atoms with Crippen molar-refractivity contribution in [2.24, 2.45) is 0 Å². The Hall–Kier alpha value is -3.43. The molecule has 0 spiro atoms. The van der Waals surface area contributed by atoms with Gasteiger partial charge in [-0.3, -0.25) is 14.5 Å². The molecule has 3 aromatic rings. The van der Waals surface area contributed by atoms with Gasteiger partial charge in [-0.1, -0.05) is 29.8 Å². The van der Waals surface area contributed by atoms with E-state index in [0.29, 0.717) is 34.1 Å². The summed E-state index contributed by atoms with van der Waals surface area (Å²) in [6.45, 7) is 5.64. The highest BCUT2D eigenvalue weighted by atomic mass is 35.5. The molecule has 2 unspecified atom stereocenters. The van der Waals surface area contributed by atoms with Crippen molar-refractivity contribution >= 4 is 53.5 Å². The Morgan fingerprint density at radius 2 is 1.81 bits per heavy atom. The first-order valence-corrected chi connectivity index (χ1v) is 14.4. The predicted molar refractivity (Wildman–Crippen MR) is 169 cm³/mol. The zero-order valence-corrected chi connectivity index (χ0v) is 25.3. The highest BCUT2D eigenvalue weighted by Gasteiger charge is 2.35. The number of hydrogen-bond donors (Lipinski definition) is 2. The van der Waals surface area contributed by atoms with Crippen molar-refractivity contribution in [1.29, 1.82) is 0 Å². The molecule has 2 aliphatic rings. The number of halogens is 2. The number of methoxy groups -OCH3 is 1. The number of ether oxygens (including phenoxy) is 1. The first-order valence-electron chi connectivity index (χ1n) is 14.0. The maximum Gasteiger partial charge on any atom is 0.262 e. The van der Waals surface area contributed by atoms with E-state index in [1.807, 2.05) is 37.3 Å². The number of aryl methyl sites for hydroxylation is 1. The standard InChI is InChI=1S/C32H35ClN4O4.ClH/c1-21-6-3-4-7-24(21)31(39)35-23-10-11-26(30(19-23)41-2)32(40)37-15-5-8-25(27-18-22(33)9-12-28(27)37)29(20-38)36-16-13-34-14-17-36;/h3-4,6-7,9-12,18-20,25,29,34H,5,8,13-17H2,1-2H3,(H,35,39);1H. The van der Waals surface area contributed by atoms with Crippen molar-refractivity contribution in [2.45, 2.75) is 31.7 Å². The van der Waals surface area contributed by atoms with Crippen molar-refractivity contribution in [1.82, 2.24) is 10.2 Å². The summed E-state index contributed by atoms with van der Waals surface area (Å²) in [7, 11) is 1.51. The van der Waals surface area contributed by atoms with Crippen LogP contribution in [0.5, 0.6) is 5.75 Å². The molecular weight excluding hydrogens is 575 g/mol. The first kappa shape index (κ1) is 31.5. The number of aldehydes is 1. The Morgan fingerprint density at radius 1 is 1.05 bits per heavy atom. The van der Waals surface area contributed by atoms with Crippen molar-refractivity contribution < 1.29 is 19.1 Å². The van der Waals surface area contributed by atoms with Crippen LogP contribution in [0, 0.1) is 6.92 Å². The molecule has 0 radical (unpaired) electrons. The molecule has 42 heavy (non-hydrogen) atoms. The Balaban J connectivity index is 0.00000405. The molecule has 0 aliphatic carbocycles. The van der Waals surface area contributed by atoms with Crippen molar-refractivity contribution in [2.75, 3.05) is 50.1 Å². The number of nitrogens with zero attached hydrogens (tertiary/aromatic N) is 2. The minimum Gasteiger partial charge on any atom is -0.496 e. The second-order valence-electron chi connectivity index (χ2n) is 10.5. The highest BCUT2D eigenvalue weighted by Crippen LogP contribution is 2.40. The number of amides is 2. The second-order valence-corrected chi connectivity index (χ2v) is 10.9. The average Bonchev–Trinajstić information content (AvgIpc) is 3.17. The molecule has 8 nitrogen and oxygen atoms in total. The first-order chi connectivity index (χ1) is 19.9. The number of rotatable bonds is 7. The largest absolute Gasteiger partial charge is 0.496 e. The molecule has 2 amide bonds. The lowest BCUT2D eigenvalue weighted by Gasteiger charge is -2.36. The van der Waals surface area contributed by atoms with Crippen LogP contribution in [0.1, 0.15) is 50.6 Å². The van der Waals surface area contributed by atoms with Gasteiger partial charge in [-0.15, -0.1) is 12.4 Å². The smallest absolute Gasteiger partial charge is 0.262 e. The zero-order valence-electron chi connectivity index (χ0n) is 23.8. The molecule has 2 heterocycles. The van der Waals surface area contributed by atoms with Gasteiger partial charge in [0, 0.05) is 66.7 Å². The van der Waals surface area contributed by atoms with Gasteiger partial charge in [0.15, 0.2) is 0 Å². The normalized spacial score (nSPS) is 17.7. The third-order valence-electron chi connectivity index (χ3n) is 8.03. The number of hydrogen-bond acceptors (Lipinski definition) is 6. The van der Waals surface area contributed by atoms with E-state index in [1.165, 1.54) is 7.11 Å². The van der Waals surface area contributed by atoms with Crippen LogP contribution in [0.25, 0.3) is 0 Å². The fraction of sp³-hybridized carbons (Fsp3) is 0.344. The van der Waals surface area contributed by atoms with Crippen molar-refractivity contribution in [3.63, 3.8) is 0 Å². The van der Waals surface area contributed by atoms with E-state index in [0.717, 1.165) is 62.1 Å². The quantitative estimate of drug-likeness (QED) is 0.352. The van der Waals surface area contributed by atoms with E-state index in [2.05, 4.69) is 15.5 Å². The summed E-state index contributed by atoms with van der Waals surface area (Å²) in [5.41, 5.74) is 4.02. The lowest BCUT2D eigenvalue weighted by Crippen LogP contribution is -2.51. The number of fused-ring (bicyclic) bond motifs is 1. The van der Waals surface area contributed by atoms with Gasteiger partial charge >= 0.3 is 0 Å². The minimum absolute atomic E-state index is 0. The van der Waals surface area contributed by atoms with E-state index in [-0.39, 0.29) is 36.2 Å². The number of benzene rings is 3. The van der Waals surface area contributed by atoms with Gasteiger partial charge in [-0.2, -0.15) is 0 Å². The summed E-state index contributed by atoms with van der Waals surface area (Å²) in [6.07, 6.45) is 2.53. The van der Waals surface area contributed by atoms with Crippen LogP contribution in [0.2, 0.25) is 5.02 Å². The number of carbonyl (C=O) groups excluding carboxylic acids is 3. The Morgan fingerprint density at radius 3 is 2.52 bits per heavy atom. The summed E-state index contributed by atoms with van der Waals surface area (Å²) in [4.78, 5) is 43.3. The molecule has 222 valence electrons. The maximum atomic E-state index is 14.1. The SMILES string of the molecule is COc1cc(NC(=O)c2ccccc2C)ccc1C(=O)N1CCCC(C(C=O)N2CCNCC2)c2cc(Cl)ccc21.Cl. The molecule has 0 bridgehead atoms. The molecule has 2 atom stereocenters. The van der Waals surface area contributed by atoms with Crippen molar-refractivity contribution in [3.05, 3.63) is 87.9 Å². The van der Waals surface area contributed by atoms with Gasteiger partial charge in [0.25, 0.3) is 11.8 Å². The Labute approximate surface area is 257 Å². The van der Waals surface area contributed by atoms with E-state index in [9.17, 15) is 14.4 Å². The molecule has 0 aromatic heterocycles. The van der Waals surface area contributed by atoms with Gasteiger partial charge in [-0.05, 0) is 67.3 Å². The van der Waals surface area contributed by atoms with Crippen LogP contribution in [0.4, 0.5) is 11.4 Å². The molecule has 10 heteroatoms. The third-order valence-corrected chi connectivity index (χ3v) is 8.26. The van der Waals surface area contributed by atoms with Gasteiger partial charge in [0.2, 0.25) is 0 Å². The Bertz CT molecular complexity index is 1440. The third kappa shape index (κ3) is 6.63. The van der Waals surface area contributed by atoms with Crippen LogP contribution in [0.15, 0.2) is 60.7 Å². The number of carbonyl (C=O) groups is 3. The van der Waals surface area contributed by atoms with E-state index < -0.39 is 0 Å². The topological polar surface area (TPSA) is 91.0 Å². The minimum atomic E-state index is -0.296. The zero-order chi connectivity index (χ0) is 28.9. The number of nitrogens with one attached hydrogen (secondary N) is 2. The highest BCUT2D eigenvalue weighted by molar-refractivity contribution is 6.30. The van der Waals surface area contributed by atoms with Crippen LogP contribution >= 0.6 is 24.0 Å². The number of piperazine rings is 1. The molecular formula is C32H36Cl2N4O4. The molecule has 0 saturated carbocycles. The van der Waals surface area contributed by atoms with Crippen molar-refractivity contribution in [3.8, 4) is 5.75 Å². The molecule has 3 aromatic carbocycles. The summed E-state index contributed by atoms with van der Waals surface area (Å²) >= 11 is 6.46. The van der Waals surface area contributed by atoms with Gasteiger partial charge in [0.1, 0.15) is 12.0 Å². The molecule has 2 aliphatic heterocycles. The maximum absolute atomic E-state index is 14.1. The van der Waals surface area contributed by atoms with Gasteiger partial charge in [0.05, 0.1) is 18.7 Å². The van der Waals surface area contributed by atoms with E-state index in [1.54, 1.807) is 35.2 Å². The number of anilines is 2. The average molecular weight is 612 g/mol. The monoisotopic (exact) mass is 610 g/mol. The summed E-state index contributed by atoms with van der Waals surface area (Å²) in [5, 5.41) is 6.82. The molecule has 1 saturated heterocycles. The molecule has 2 N–H and O–H groups in total. The van der Waals surface area contributed by atoms with Crippen LogP contribution in [0.3, 0.4) is 0 Å². The second kappa shape index (κ2) is 14.2. The summed E-state index contributed by atoms with van der Waals surface area (Å²) in [6, 6.07) is 17.7. The van der Waals surface area contributed by atoms with E-state index in [4.69, 9.17) is 16.3 Å². The predicted octanol–water partition coefficient (Wildman–Crippen LogP) is 5.33. The van der Waals surface area contributed by atoms with E-state index >= 15 is 0 Å². The van der Waals surface area contributed by atoms with Crippen LogP contribution in [-0.2, 0) is 4.79 Å². The van der Waals surface area contributed by atoms with Crippen LogP contribution < -0.4 is 20.3 Å². The fourth-order valence-electron chi connectivity index (χ4n) is 5.91. The molecule has 5 rings (SSSR count). The van der Waals surface area contributed by atoms with Gasteiger partial charge < -0.3 is 25.1 Å². The summed E-state index contributed by atoms with van der Waals surface area (Å²) < 4.78 is 5.62. The summed E-state index contributed by atoms with van der Waals surface area (Å²) in [5.74, 6) is -0.172. The lowest BCUT2D eigenvalue weighted by molar-refractivity contribution is -0.113. The Kier molecular flexibility index (Phi) is 10.6. The molecule has 1 fully saturated rings. The van der Waals surface area contributed by atoms with Gasteiger partial charge in [-0.25, -0.2) is 0 Å². The van der Waals surface area contributed by atoms with Crippen LogP contribution in [-0.4, -0.2) is 68.9 Å². The lowest BCUT2D eigenvalue weighted by atomic mass is 9.86. The fourth-order valence-corrected chi connectivity index (χ4v) is 6.09.